The Hall–Kier alpha value is -0.380. The van der Waals surface area contributed by atoms with E-state index >= 15 is 0 Å². The van der Waals surface area contributed by atoms with Gasteiger partial charge < -0.3 is 10.4 Å². The highest BCUT2D eigenvalue weighted by Gasteiger charge is 2.10. The fraction of sp³-hybridized carbons (Fsp3) is 0.500. The number of halogens is 1. The summed E-state index contributed by atoms with van der Waals surface area (Å²) in [6.45, 7) is 4.38. The number of hydrogen-bond acceptors (Lipinski definition) is 2. The first-order valence-electron chi connectivity index (χ1n) is 5.29. The molecular formula is C12H18BrNO. The normalized spacial score (nSPS) is 14.9. The summed E-state index contributed by atoms with van der Waals surface area (Å²) >= 11 is 3.41. The van der Waals surface area contributed by atoms with Crippen molar-refractivity contribution in [3.8, 4) is 0 Å². The SMILES string of the molecule is CCC(CO)NC(C)c1ccc(Br)cc1. The van der Waals surface area contributed by atoms with Crippen LogP contribution in [0.5, 0.6) is 0 Å². The molecule has 0 fully saturated rings. The molecule has 0 amide bonds. The lowest BCUT2D eigenvalue weighted by atomic mass is 10.1. The van der Waals surface area contributed by atoms with E-state index in [9.17, 15) is 0 Å². The molecule has 0 heterocycles. The summed E-state index contributed by atoms with van der Waals surface area (Å²) in [6.07, 6.45) is 0.942. The third-order valence-electron chi connectivity index (χ3n) is 2.57. The molecule has 0 aliphatic rings. The van der Waals surface area contributed by atoms with E-state index in [0.717, 1.165) is 10.9 Å². The van der Waals surface area contributed by atoms with Crippen LogP contribution in [-0.4, -0.2) is 17.8 Å². The molecule has 2 atom stereocenters. The zero-order valence-corrected chi connectivity index (χ0v) is 10.8. The molecule has 1 aromatic carbocycles. The molecule has 0 saturated heterocycles. The molecule has 0 bridgehead atoms. The van der Waals surface area contributed by atoms with Gasteiger partial charge in [0.2, 0.25) is 0 Å². The van der Waals surface area contributed by atoms with Crippen molar-refractivity contribution < 1.29 is 5.11 Å². The van der Waals surface area contributed by atoms with Crippen LogP contribution in [0.15, 0.2) is 28.7 Å². The maximum absolute atomic E-state index is 9.10. The van der Waals surface area contributed by atoms with E-state index in [2.05, 4.69) is 47.2 Å². The van der Waals surface area contributed by atoms with Crippen molar-refractivity contribution in [3.05, 3.63) is 34.3 Å². The predicted molar refractivity (Wildman–Crippen MR) is 66.9 cm³/mol. The van der Waals surface area contributed by atoms with Crippen molar-refractivity contribution in [2.24, 2.45) is 0 Å². The topological polar surface area (TPSA) is 32.3 Å². The van der Waals surface area contributed by atoms with E-state index in [1.54, 1.807) is 0 Å². The van der Waals surface area contributed by atoms with Crippen LogP contribution in [0.3, 0.4) is 0 Å². The Labute approximate surface area is 99.8 Å². The average Bonchev–Trinajstić information content (AvgIpc) is 2.26. The van der Waals surface area contributed by atoms with Gasteiger partial charge >= 0.3 is 0 Å². The van der Waals surface area contributed by atoms with E-state index in [0.29, 0.717) is 0 Å². The third-order valence-corrected chi connectivity index (χ3v) is 3.10. The summed E-state index contributed by atoms with van der Waals surface area (Å²) < 4.78 is 1.09. The van der Waals surface area contributed by atoms with Gasteiger partial charge in [0.15, 0.2) is 0 Å². The molecule has 2 nitrogen and oxygen atoms in total. The molecule has 1 aromatic rings. The molecule has 0 aliphatic carbocycles. The van der Waals surface area contributed by atoms with E-state index in [1.165, 1.54) is 5.56 Å². The minimum atomic E-state index is 0.184. The summed E-state index contributed by atoms with van der Waals surface area (Å²) in [5.41, 5.74) is 1.24. The van der Waals surface area contributed by atoms with Gasteiger partial charge in [0.1, 0.15) is 0 Å². The Bertz CT molecular complexity index is 282. The largest absolute Gasteiger partial charge is 0.395 e. The number of rotatable bonds is 5. The molecule has 15 heavy (non-hydrogen) atoms. The molecule has 0 aliphatic heterocycles. The van der Waals surface area contributed by atoms with Crippen molar-refractivity contribution in [1.82, 2.24) is 5.32 Å². The van der Waals surface area contributed by atoms with Crippen LogP contribution in [0.25, 0.3) is 0 Å². The van der Waals surface area contributed by atoms with Gasteiger partial charge in [0, 0.05) is 16.6 Å². The molecule has 1 rings (SSSR count). The second kappa shape index (κ2) is 6.26. The summed E-state index contributed by atoms with van der Waals surface area (Å²) in [6, 6.07) is 8.71. The second-order valence-corrected chi connectivity index (χ2v) is 4.64. The zero-order chi connectivity index (χ0) is 11.3. The van der Waals surface area contributed by atoms with Crippen LogP contribution in [0, 0.1) is 0 Å². The number of aliphatic hydroxyl groups is 1. The first-order valence-corrected chi connectivity index (χ1v) is 6.09. The van der Waals surface area contributed by atoms with Gasteiger partial charge in [-0.25, -0.2) is 0 Å². The van der Waals surface area contributed by atoms with Gasteiger partial charge in [0.25, 0.3) is 0 Å². The van der Waals surface area contributed by atoms with Gasteiger partial charge in [-0.15, -0.1) is 0 Å². The number of benzene rings is 1. The van der Waals surface area contributed by atoms with Crippen LogP contribution in [0.1, 0.15) is 31.9 Å². The lowest BCUT2D eigenvalue weighted by Gasteiger charge is -2.20. The first kappa shape index (κ1) is 12.7. The fourth-order valence-electron chi connectivity index (χ4n) is 1.50. The molecule has 84 valence electrons. The Morgan fingerprint density at radius 3 is 2.40 bits per heavy atom. The Balaban J connectivity index is 2.60. The molecule has 0 spiro atoms. The van der Waals surface area contributed by atoms with Crippen molar-refractivity contribution in [3.63, 3.8) is 0 Å². The maximum atomic E-state index is 9.10. The zero-order valence-electron chi connectivity index (χ0n) is 9.20. The van der Waals surface area contributed by atoms with Crippen molar-refractivity contribution in [2.75, 3.05) is 6.61 Å². The molecular weight excluding hydrogens is 254 g/mol. The number of nitrogens with one attached hydrogen (secondary N) is 1. The minimum absolute atomic E-state index is 0.184. The smallest absolute Gasteiger partial charge is 0.0584 e. The van der Waals surface area contributed by atoms with Crippen molar-refractivity contribution in [2.45, 2.75) is 32.4 Å². The standard InChI is InChI=1S/C12H18BrNO/c1-3-12(8-15)14-9(2)10-4-6-11(13)7-5-10/h4-7,9,12,14-15H,3,8H2,1-2H3. The third kappa shape index (κ3) is 3.93. The van der Waals surface area contributed by atoms with Crippen LogP contribution in [-0.2, 0) is 0 Å². The number of aliphatic hydroxyl groups excluding tert-OH is 1. The molecule has 0 radical (unpaired) electrons. The highest BCUT2D eigenvalue weighted by atomic mass is 79.9. The van der Waals surface area contributed by atoms with Gasteiger partial charge in [-0.1, -0.05) is 35.0 Å². The monoisotopic (exact) mass is 271 g/mol. The van der Waals surface area contributed by atoms with Crippen LogP contribution in [0.2, 0.25) is 0 Å². The average molecular weight is 272 g/mol. The number of hydrogen-bond donors (Lipinski definition) is 2. The first-order chi connectivity index (χ1) is 7.17. The van der Waals surface area contributed by atoms with Gasteiger partial charge in [-0.3, -0.25) is 0 Å². The van der Waals surface area contributed by atoms with E-state index in [-0.39, 0.29) is 18.7 Å². The predicted octanol–water partition coefficient (Wildman–Crippen LogP) is 2.87. The Morgan fingerprint density at radius 1 is 1.33 bits per heavy atom. The maximum Gasteiger partial charge on any atom is 0.0584 e. The lowest BCUT2D eigenvalue weighted by molar-refractivity contribution is 0.230. The molecule has 0 aromatic heterocycles. The van der Waals surface area contributed by atoms with Crippen LogP contribution in [0.4, 0.5) is 0 Å². The van der Waals surface area contributed by atoms with E-state index in [4.69, 9.17) is 5.11 Å². The van der Waals surface area contributed by atoms with Gasteiger partial charge in [0.05, 0.1) is 6.61 Å². The summed E-state index contributed by atoms with van der Waals surface area (Å²) in [7, 11) is 0. The minimum Gasteiger partial charge on any atom is -0.395 e. The van der Waals surface area contributed by atoms with E-state index in [1.807, 2.05) is 12.1 Å². The van der Waals surface area contributed by atoms with Crippen LogP contribution >= 0.6 is 15.9 Å². The highest BCUT2D eigenvalue weighted by molar-refractivity contribution is 9.10. The quantitative estimate of drug-likeness (QED) is 0.863. The van der Waals surface area contributed by atoms with Crippen LogP contribution < -0.4 is 5.32 Å². The van der Waals surface area contributed by atoms with E-state index < -0.39 is 0 Å². The summed E-state index contributed by atoms with van der Waals surface area (Å²) in [5.74, 6) is 0. The summed E-state index contributed by atoms with van der Waals surface area (Å²) in [4.78, 5) is 0. The lowest BCUT2D eigenvalue weighted by Crippen LogP contribution is -2.33. The fourth-order valence-corrected chi connectivity index (χ4v) is 1.77. The van der Waals surface area contributed by atoms with Crippen molar-refractivity contribution >= 4 is 15.9 Å². The molecule has 3 heteroatoms. The van der Waals surface area contributed by atoms with Crippen molar-refractivity contribution in [1.29, 1.82) is 0 Å². The van der Waals surface area contributed by atoms with Gasteiger partial charge in [-0.2, -0.15) is 0 Å². The Morgan fingerprint density at radius 2 is 1.93 bits per heavy atom. The second-order valence-electron chi connectivity index (χ2n) is 3.73. The highest BCUT2D eigenvalue weighted by Crippen LogP contribution is 2.17. The summed E-state index contributed by atoms with van der Waals surface area (Å²) in [5, 5.41) is 12.5. The molecule has 2 unspecified atom stereocenters. The molecule has 2 N–H and O–H groups in total. The Kier molecular flexibility index (Phi) is 5.29. The molecule has 0 saturated carbocycles. The van der Waals surface area contributed by atoms with Gasteiger partial charge in [-0.05, 0) is 31.0 Å².